The highest BCUT2D eigenvalue weighted by Crippen LogP contribution is 2.42. The Morgan fingerprint density at radius 3 is 2.59 bits per heavy atom. The number of nitrogens with one attached hydrogen (secondary N) is 1. The van der Waals surface area contributed by atoms with E-state index in [1.54, 1.807) is 22.8 Å². The van der Waals surface area contributed by atoms with Gasteiger partial charge in [-0.2, -0.15) is 13.2 Å². The fourth-order valence-electron chi connectivity index (χ4n) is 3.61. The van der Waals surface area contributed by atoms with Gasteiger partial charge in [-0.1, -0.05) is 18.2 Å². The average Bonchev–Trinajstić information content (AvgIpc) is 2.86. The van der Waals surface area contributed by atoms with Gasteiger partial charge in [0.25, 0.3) is 0 Å². The molecule has 0 saturated carbocycles. The minimum Gasteiger partial charge on any atom is -0.489 e. The van der Waals surface area contributed by atoms with Crippen molar-refractivity contribution in [3.8, 4) is 11.5 Å². The van der Waals surface area contributed by atoms with Gasteiger partial charge in [-0.15, -0.1) is 0 Å². The van der Waals surface area contributed by atoms with Crippen LogP contribution in [0.5, 0.6) is 11.5 Å². The molecule has 0 radical (unpaired) electrons. The molecule has 2 aliphatic rings. The summed E-state index contributed by atoms with van der Waals surface area (Å²) in [5.74, 6) is 1.35. The molecule has 1 aromatic heterocycles. The lowest BCUT2D eigenvalue weighted by Crippen LogP contribution is -2.32. The number of hydrogen-bond donors (Lipinski definition) is 2. The monoisotopic (exact) mass is 403 g/mol. The van der Waals surface area contributed by atoms with Crippen LogP contribution in [0.3, 0.4) is 0 Å². The largest absolute Gasteiger partial charge is 0.489 e. The summed E-state index contributed by atoms with van der Waals surface area (Å²) in [5.41, 5.74) is 6.17. The lowest BCUT2D eigenvalue weighted by atomic mass is 10.0. The van der Waals surface area contributed by atoms with E-state index in [-0.39, 0.29) is 11.5 Å². The van der Waals surface area contributed by atoms with Crippen LogP contribution in [-0.4, -0.2) is 28.7 Å². The van der Waals surface area contributed by atoms with Crippen LogP contribution in [0.4, 0.5) is 19.1 Å². The number of alkyl halides is 3. The van der Waals surface area contributed by atoms with Crippen molar-refractivity contribution >= 4 is 22.9 Å². The molecule has 3 aromatic rings. The smallest absolute Gasteiger partial charge is 0.416 e. The number of hydrogen-bond acceptors (Lipinski definition) is 6. The maximum atomic E-state index is 13.6. The summed E-state index contributed by atoms with van der Waals surface area (Å²) in [4.78, 5) is 8.74. The second-order valence-electron chi connectivity index (χ2n) is 6.74. The second-order valence-corrected chi connectivity index (χ2v) is 6.74. The minimum atomic E-state index is -4.53. The zero-order valence-corrected chi connectivity index (χ0v) is 15.0. The maximum Gasteiger partial charge on any atom is 0.416 e. The van der Waals surface area contributed by atoms with Crippen molar-refractivity contribution in [2.24, 2.45) is 10.7 Å². The maximum absolute atomic E-state index is 13.6. The third kappa shape index (κ3) is 2.91. The lowest BCUT2D eigenvalue weighted by Gasteiger charge is -2.26. The molecule has 0 unspecified atom stereocenters. The highest BCUT2D eigenvalue weighted by atomic mass is 19.4. The summed E-state index contributed by atoms with van der Waals surface area (Å²) >= 11 is 0. The zero-order chi connectivity index (χ0) is 20.2. The van der Waals surface area contributed by atoms with Crippen molar-refractivity contribution in [1.29, 1.82) is 0 Å². The molecule has 0 aliphatic carbocycles. The van der Waals surface area contributed by atoms with Gasteiger partial charge in [0.2, 0.25) is 5.95 Å². The van der Waals surface area contributed by atoms with Crippen molar-refractivity contribution in [2.45, 2.75) is 18.8 Å². The highest BCUT2D eigenvalue weighted by Gasteiger charge is 2.37. The van der Waals surface area contributed by atoms with E-state index in [0.29, 0.717) is 41.7 Å². The molecule has 29 heavy (non-hydrogen) atoms. The minimum absolute atomic E-state index is 0.0103. The molecule has 0 spiro atoms. The second kappa shape index (κ2) is 6.29. The van der Waals surface area contributed by atoms with E-state index in [1.807, 2.05) is 0 Å². The Hall–Kier alpha value is -3.43. The van der Waals surface area contributed by atoms with Gasteiger partial charge < -0.3 is 15.2 Å². The normalized spacial score (nSPS) is 18.6. The molecule has 0 bridgehead atoms. The van der Waals surface area contributed by atoms with E-state index in [4.69, 9.17) is 15.2 Å². The summed E-state index contributed by atoms with van der Waals surface area (Å²) < 4.78 is 53.9. The van der Waals surface area contributed by atoms with Crippen molar-refractivity contribution in [3.63, 3.8) is 0 Å². The predicted octanol–water partition coefficient (Wildman–Crippen LogP) is 3.50. The van der Waals surface area contributed by atoms with E-state index >= 15 is 0 Å². The SMILES string of the molecule is NC1=N[C@@H](c2ccccc2C(F)(F)F)n2c(nc3cc4c(cc32)OCCCO4)N1. The van der Waals surface area contributed by atoms with E-state index in [1.165, 1.54) is 12.1 Å². The van der Waals surface area contributed by atoms with Crippen LogP contribution < -0.4 is 20.5 Å². The molecule has 150 valence electrons. The van der Waals surface area contributed by atoms with Gasteiger partial charge in [0, 0.05) is 24.1 Å². The molecule has 0 saturated heterocycles. The molecule has 3 N–H and O–H groups in total. The van der Waals surface area contributed by atoms with Crippen molar-refractivity contribution in [1.82, 2.24) is 9.55 Å². The van der Waals surface area contributed by atoms with E-state index < -0.39 is 17.9 Å². The van der Waals surface area contributed by atoms with Crippen LogP contribution in [0.1, 0.15) is 23.7 Å². The van der Waals surface area contributed by atoms with Crippen LogP contribution in [0, 0.1) is 0 Å². The highest BCUT2D eigenvalue weighted by molar-refractivity contribution is 5.95. The van der Waals surface area contributed by atoms with E-state index in [2.05, 4.69) is 15.3 Å². The summed E-state index contributed by atoms with van der Waals surface area (Å²) in [6.07, 6.45) is -4.82. The van der Waals surface area contributed by atoms with Crippen molar-refractivity contribution in [3.05, 3.63) is 47.5 Å². The fraction of sp³-hybridized carbons (Fsp3) is 0.263. The van der Waals surface area contributed by atoms with Gasteiger partial charge in [-0.25, -0.2) is 9.98 Å². The van der Waals surface area contributed by atoms with Gasteiger partial charge in [0.05, 0.1) is 29.8 Å². The molecule has 0 fully saturated rings. The van der Waals surface area contributed by atoms with Gasteiger partial charge in [0.15, 0.2) is 23.6 Å². The Morgan fingerprint density at radius 1 is 1.10 bits per heavy atom. The van der Waals surface area contributed by atoms with Gasteiger partial charge in [-0.3, -0.25) is 9.88 Å². The molecular weight excluding hydrogens is 387 g/mol. The molecule has 10 heteroatoms. The Morgan fingerprint density at radius 2 is 1.83 bits per heavy atom. The molecule has 7 nitrogen and oxygen atoms in total. The molecule has 3 heterocycles. The number of aromatic nitrogens is 2. The third-order valence-corrected chi connectivity index (χ3v) is 4.85. The van der Waals surface area contributed by atoms with Gasteiger partial charge in [0.1, 0.15) is 0 Å². The number of benzene rings is 2. The quantitative estimate of drug-likeness (QED) is 0.650. The average molecular weight is 403 g/mol. The molecule has 0 amide bonds. The van der Waals surface area contributed by atoms with E-state index in [0.717, 1.165) is 12.5 Å². The number of guanidine groups is 1. The molecule has 2 aromatic carbocycles. The third-order valence-electron chi connectivity index (χ3n) is 4.85. The number of fused-ring (bicyclic) bond motifs is 4. The fourth-order valence-corrected chi connectivity index (χ4v) is 3.61. The molecule has 5 rings (SSSR count). The van der Waals surface area contributed by atoms with Crippen LogP contribution in [-0.2, 0) is 6.18 Å². The summed E-state index contributed by atoms with van der Waals surface area (Å²) in [6.45, 7) is 1.01. The standard InChI is InChI=1S/C19H16F3N5O2/c20-19(21,22)11-5-2-1-4-10(11)16-25-17(23)26-18-24-12-8-14-15(9-13(12)27(16)18)29-7-3-6-28-14/h1-2,4-5,8-9,16H,3,6-7H2,(H3,23,24,25,26)/t16-/m1/s1. The van der Waals surface area contributed by atoms with Gasteiger partial charge >= 0.3 is 6.18 Å². The number of ether oxygens (including phenoxy) is 2. The Kier molecular flexibility index (Phi) is 3.83. The van der Waals surface area contributed by atoms with Crippen LogP contribution in [0.2, 0.25) is 0 Å². The number of nitrogens with zero attached hydrogens (tertiary/aromatic N) is 3. The first-order valence-electron chi connectivity index (χ1n) is 9.00. The molecule has 1 atom stereocenters. The first-order valence-corrected chi connectivity index (χ1v) is 9.00. The Labute approximate surface area is 162 Å². The number of imidazole rings is 1. The lowest BCUT2D eigenvalue weighted by molar-refractivity contribution is -0.138. The van der Waals surface area contributed by atoms with Crippen LogP contribution >= 0.6 is 0 Å². The van der Waals surface area contributed by atoms with Gasteiger partial charge in [-0.05, 0) is 6.07 Å². The summed E-state index contributed by atoms with van der Waals surface area (Å²) in [6, 6.07) is 8.75. The number of aliphatic imine (C=N–C) groups is 1. The number of anilines is 1. The molecule has 2 aliphatic heterocycles. The molecular formula is C19H16F3N5O2. The van der Waals surface area contributed by atoms with E-state index in [9.17, 15) is 13.2 Å². The van der Waals surface area contributed by atoms with Crippen molar-refractivity contribution < 1.29 is 22.6 Å². The number of nitrogens with two attached hydrogens (primary N) is 1. The first-order chi connectivity index (χ1) is 13.9. The van der Waals surface area contributed by atoms with Crippen molar-refractivity contribution in [2.75, 3.05) is 18.5 Å². The van der Waals surface area contributed by atoms with Crippen LogP contribution in [0.15, 0.2) is 41.4 Å². The summed E-state index contributed by atoms with van der Waals surface area (Å²) in [7, 11) is 0. The Balaban J connectivity index is 1.73. The Bertz CT molecular complexity index is 1140. The van der Waals surface area contributed by atoms with Crippen LogP contribution in [0.25, 0.3) is 11.0 Å². The predicted molar refractivity (Wildman–Crippen MR) is 100 cm³/mol. The summed E-state index contributed by atoms with van der Waals surface area (Å²) in [5, 5.41) is 2.83. The number of rotatable bonds is 1. The number of halogens is 3. The topological polar surface area (TPSA) is 86.7 Å². The zero-order valence-electron chi connectivity index (χ0n) is 15.0. The first kappa shape index (κ1) is 17.7.